The zero-order chi connectivity index (χ0) is 15.4. The molecule has 2 rings (SSSR count). The van der Waals surface area contributed by atoms with Gasteiger partial charge in [0.1, 0.15) is 0 Å². The van der Waals surface area contributed by atoms with E-state index in [0.29, 0.717) is 5.56 Å². The van der Waals surface area contributed by atoms with Crippen LogP contribution >= 0.6 is 0 Å². The van der Waals surface area contributed by atoms with Gasteiger partial charge in [-0.05, 0) is 12.5 Å². The average molecular weight is 278 g/mol. The molecule has 0 saturated carbocycles. The second-order valence-corrected chi connectivity index (χ2v) is 3.99. The molecule has 2 aromatic rings. The summed E-state index contributed by atoms with van der Waals surface area (Å²) < 4.78 is 0. The molecule has 20 heavy (non-hydrogen) atoms. The highest BCUT2D eigenvalue weighted by atomic mass is 16.4. The van der Waals surface area contributed by atoms with E-state index in [1.54, 1.807) is 18.2 Å². The van der Waals surface area contributed by atoms with Gasteiger partial charge in [-0.3, -0.25) is 0 Å². The molecule has 0 fully saturated rings. The Morgan fingerprint density at radius 2 is 1.15 bits per heavy atom. The van der Waals surface area contributed by atoms with Crippen LogP contribution in [0.2, 0.25) is 0 Å². The molecule has 5 heteroatoms. The summed E-state index contributed by atoms with van der Waals surface area (Å²) in [6.45, 7) is 5.82. The van der Waals surface area contributed by atoms with Crippen LogP contribution in [0, 0.1) is 6.92 Å². The van der Waals surface area contributed by atoms with Gasteiger partial charge in [-0.25, -0.2) is 0 Å². The van der Waals surface area contributed by atoms with Crippen molar-refractivity contribution in [1.29, 1.82) is 0 Å². The van der Waals surface area contributed by atoms with E-state index in [0.717, 1.165) is 5.56 Å². The van der Waals surface area contributed by atoms with E-state index in [1.165, 1.54) is 0 Å². The highest BCUT2D eigenvalue weighted by molar-refractivity contribution is 5.85. The quantitative estimate of drug-likeness (QED) is 0.407. The van der Waals surface area contributed by atoms with Gasteiger partial charge in [0.25, 0.3) is 0 Å². The number of hydrogen-bond donors (Lipinski definition) is 5. The molecule has 0 amide bonds. The third kappa shape index (κ3) is 2.56. The number of aryl methyl sites for hydroxylation is 1. The number of phenolic OH excluding ortho intramolecular Hbond substituents is 5. The van der Waals surface area contributed by atoms with Crippen LogP contribution in [0.1, 0.15) is 19.4 Å². The maximum atomic E-state index is 9.75. The van der Waals surface area contributed by atoms with Crippen LogP contribution in [-0.2, 0) is 0 Å². The Hall–Kier alpha value is -2.56. The molecule has 0 aromatic heterocycles. The van der Waals surface area contributed by atoms with Crippen molar-refractivity contribution in [2.24, 2.45) is 0 Å². The van der Waals surface area contributed by atoms with E-state index in [2.05, 4.69) is 0 Å². The molecule has 0 saturated heterocycles. The monoisotopic (exact) mass is 278 g/mol. The minimum Gasteiger partial charge on any atom is -0.504 e. The zero-order valence-electron chi connectivity index (χ0n) is 11.5. The van der Waals surface area contributed by atoms with Gasteiger partial charge < -0.3 is 25.5 Å². The van der Waals surface area contributed by atoms with E-state index >= 15 is 0 Å². The summed E-state index contributed by atoms with van der Waals surface area (Å²) in [7, 11) is 0. The summed E-state index contributed by atoms with van der Waals surface area (Å²) in [5.74, 6) is -4.08. The Labute approximate surface area is 117 Å². The van der Waals surface area contributed by atoms with Crippen LogP contribution in [0.4, 0.5) is 0 Å². The SMILES string of the molecule is CC.Cc1cccc(-c2c(O)c(O)c(O)c(O)c2O)c1. The largest absolute Gasteiger partial charge is 0.504 e. The van der Waals surface area contributed by atoms with Crippen molar-refractivity contribution >= 4 is 0 Å². The van der Waals surface area contributed by atoms with Crippen molar-refractivity contribution < 1.29 is 25.5 Å². The van der Waals surface area contributed by atoms with Crippen molar-refractivity contribution in [3.05, 3.63) is 29.8 Å². The first kappa shape index (κ1) is 15.5. The van der Waals surface area contributed by atoms with E-state index < -0.39 is 28.7 Å². The summed E-state index contributed by atoms with van der Waals surface area (Å²) >= 11 is 0. The lowest BCUT2D eigenvalue weighted by Crippen LogP contribution is -1.85. The molecule has 0 bridgehead atoms. The molecule has 0 radical (unpaired) electrons. The number of benzene rings is 2. The first-order valence-electron chi connectivity index (χ1n) is 6.19. The lowest BCUT2D eigenvalue weighted by atomic mass is 10.00. The number of phenols is 5. The first-order chi connectivity index (χ1) is 9.43. The number of hydrogen-bond acceptors (Lipinski definition) is 5. The predicted molar refractivity (Wildman–Crippen MR) is 76.3 cm³/mol. The van der Waals surface area contributed by atoms with Crippen LogP contribution < -0.4 is 0 Å². The summed E-state index contributed by atoms with van der Waals surface area (Å²) in [5.41, 5.74) is 1.15. The Kier molecular flexibility index (Phi) is 4.69. The van der Waals surface area contributed by atoms with E-state index in [9.17, 15) is 25.5 Å². The molecule has 0 spiro atoms. The standard InChI is InChI=1S/C13H12O5.C2H6/c1-6-3-2-4-7(5-6)8-9(14)11(16)13(18)12(17)10(8)15;1-2/h2-5,14-18H,1H3;1-2H3. The van der Waals surface area contributed by atoms with Crippen LogP contribution in [0.25, 0.3) is 11.1 Å². The minimum absolute atomic E-state index is 0.133. The molecule has 0 atom stereocenters. The molecule has 5 N–H and O–H groups in total. The third-order valence-electron chi connectivity index (χ3n) is 2.68. The molecule has 108 valence electrons. The van der Waals surface area contributed by atoms with Gasteiger partial charge in [0.15, 0.2) is 11.5 Å². The van der Waals surface area contributed by atoms with Crippen molar-refractivity contribution in [3.8, 4) is 39.9 Å². The van der Waals surface area contributed by atoms with Gasteiger partial charge >= 0.3 is 0 Å². The van der Waals surface area contributed by atoms with Gasteiger partial charge in [-0.2, -0.15) is 0 Å². The van der Waals surface area contributed by atoms with Gasteiger partial charge in [-0.15, -0.1) is 0 Å². The van der Waals surface area contributed by atoms with Crippen LogP contribution in [0.15, 0.2) is 24.3 Å². The molecule has 2 aromatic carbocycles. The Morgan fingerprint density at radius 1 is 0.700 bits per heavy atom. The van der Waals surface area contributed by atoms with Crippen molar-refractivity contribution in [3.63, 3.8) is 0 Å². The van der Waals surface area contributed by atoms with E-state index in [-0.39, 0.29) is 5.56 Å². The topological polar surface area (TPSA) is 101 Å². The lowest BCUT2D eigenvalue weighted by Gasteiger charge is -2.12. The van der Waals surface area contributed by atoms with Gasteiger partial charge in [-0.1, -0.05) is 43.7 Å². The van der Waals surface area contributed by atoms with Crippen LogP contribution in [0.3, 0.4) is 0 Å². The maximum Gasteiger partial charge on any atom is 0.208 e. The summed E-state index contributed by atoms with van der Waals surface area (Å²) in [5, 5.41) is 47.7. The Morgan fingerprint density at radius 3 is 1.60 bits per heavy atom. The molecule has 0 aliphatic carbocycles. The summed E-state index contributed by atoms with van der Waals surface area (Å²) in [6.07, 6.45) is 0. The first-order valence-corrected chi connectivity index (χ1v) is 6.19. The Balaban J connectivity index is 0.000000956. The summed E-state index contributed by atoms with van der Waals surface area (Å²) in [6, 6.07) is 6.77. The fraction of sp³-hybridized carbons (Fsp3) is 0.200. The second-order valence-electron chi connectivity index (χ2n) is 3.99. The fourth-order valence-corrected chi connectivity index (χ4v) is 1.76. The van der Waals surface area contributed by atoms with Gasteiger partial charge in [0.2, 0.25) is 17.2 Å². The van der Waals surface area contributed by atoms with Crippen molar-refractivity contribution in [2.75, 3.05) is 0 Å². The molecule has 0 aliphatic rings. The lowest BCUT2D eigenvalue weighted by molar-refractivity contribution is 0.330. The van der Waals surface area contributed by atoms with Crippen molar-refractivity contribution in [2.45, 2.75) is 20.8 Å². The van der Waals surface area contributed by atoms with Crippen LogP contribution in [-0.4, -0.2) is 25.5 Å². The fourth-order valence-electron chi connectivity index (χ4n) is 1.76. The highest BCUT2D eigenvalue weighted by Gasteiger charge is 2.23. The highest BCUT2D eigenvalue weighted by Crippen LogP contribution is 2.54. The molecule has 0 unspecified atom stereocenters. The molecular formula is C15H18O5. The molecular weight excluding hydrogens is 260 g/mol. The maximum absolute atomic E-state index is 9.75. The van der Waals surface area contributed by atoms with Crippen LogP contribution in [0.5, 0.6) is 28.7 Å². The minimum atomic E-state index is -0.957. The molecule has 0 heterocycles. The van der Waals surface area contributed by atoms with E-state index in [1.807, 2.05) is 26.8 Å². The third-order valence-corrected chi connectivity index (χ3v) is 2.68. The predicted octanol–water partition coefficient (Wildman–Crippen LogP) is 3.22. The Bertz CT molecular complexity index is 591. The van der Waals surface area contributed by atoms with Gasteiger partial charge in [0, 0.05) is 0 Å². The van der Waals surface area contributed by atoms with Crippen molar-refractivity contribution in [1.82, 2.24) is 0 Å². The second kappa shape index (κ2) is 6.06. The normalized spacial score (nSPS) is 9.75. The smallest absolute Gasteiger partial charge is 0.208 e. The number of aromatic hydroxyl groups is 5. The molecule has 5 nitrogen and oxygen atoms in total. The zero-order valence-corrected chi connectivity index (χ0v) is 11.5. The van der Waals surface area contributed by atoms with Gasteiger partial charge in [0.05, 0.1) is 5.56 Å². The average Bonchev–Trinajstić information content (AvgIpc) is 2.45. The number of rotatable bonds is 1. The summed E-state index contributed by atoms with van der Waals surface area (Å²) in [4.78, 5) is 0. The van der Waals surface area contributed by atoms with E-state index in [4.69, 9.17) is 0 Å². The molecule has 0 aliphatic heterocycles.